The molecule has 100 valence electrons. The maximum atomic E-state index is 5.73. The molecule has 17 heavy (non-hydrogen) atoms. The van der Waals surface area contributed by atoms with Crippen molar-refractivity contribution < 1.29 is 4.74 Å². The summed E-state index contributed by atoms with van der Waals surface area (Å²) >= 11 is 0. The van der Waals surface area contributed by atoms with Gasteiger partial charge in [-0.05, 0) is 38.8 Å². The molecule has 0 radical (unpaired) electrons. The van der Waals surface area contributed by atoms with Crippen molar-refractivity contribution in [1.82, 2.24) is 10.2 Å². The summed E-state index contributed by atoms with van der Waals surface area (Å²) in [6, 6.07) is 1.41. The number of nitrogens with one attached hydrogen (secondary N) is 1. The van der Waals surface area contributed by atoms with Gasteiger partial charge in [0.2, 0.25) is 0 Å². The molecule has 1 aliphatic heterocycles. The van der Waals surface area contributed by atoms with E-state index in [0.717, 1.165) is 6.04 Å². The average Bonchev–Trinajstić information content (AvgIpc) is 2.89. The van der Waals surface area contributed by atoms with Crippen molar-refractivity contribution in [3.05, 3.63) is 0 Å². The quantitative estimate of drug-likeness (QED) is 0.795. The largest absolute Gasteiger partial charge is 0.380 e. The third-order valence-corrected chi connectivity index (χ3v) is 4.38. The Balaban J connectivity index is 2.01. The lowest BCUT2D eigenvalue weighted by atomic mass is 9.90. The van der Waals surface area contributed by atoms with Gasteiger partial charge in [-0.3, -0.25) is 4.90 Å². The molecule has 1 heterocycles. The highest BCUT2D eigenvalue weighted by atomic mass is 16.5. The number of hydrogen-bond acceptors (Lipinski definition) is 3. The fraction of sp³-hybridized carbons (Fsp3) is 1.00. The maximum absolute atomic E-state index is 5.73. The number of hydrogen-bond donors (Lipinski definition) is 1. The maximum Gasteiger partial charge on any atom is 0.0726 e. The van der Waals surface area contributed by atoms with Crippen LogP contribution in [0, 0.1) is 0 Å². The monoisotopic (exact) mass is 240 g/mol. The molecule has 1 aliphatic carbocycles. The lowest BCUT2D eigenvalue weighted by molar-refractivity contribution is -0.0245. The first-order valence-corrected chi connectivity index (χ1v) is 7.36. The first-order valence-electron chi connectivity index (χ1n) is 7.36. The lowest BCUT2D eigenvalue weighted by Gasteiger charge is -2.42. The van der Waals surface area contributed by atoms with Crippen LogP contribution in [0.2, 0.25) is 0 Å². The summed E-state index contributed by atoms with van der Waals surface area (Å²) in [7, 11) is 1.89. The van der Waals surface area contributed by atoms with Crippen molar-refractivity contribution in [2.45, 2.75) is 63.6 Å². The van der Waals surface area contributed by atoms with Gasteiger partial charge in [0.15, 0.2) is 0 Å². The molecule has 3 atom stereocenters. The molecule has 2 fully saturated rings. The molecule has 1 N–H and O–H groups in total. The fourth-order valence-corrected chi connectivity index (χ4v) is 3.53. The molecule has 3 nitrogen and oxygen atoms in total. The van der Waals surface area contributed by atoms with Gasteiger partial charge in [-0.15, -0.1) is 0 Å². The topological polar surface area (TPSA) is 24.5 Å². The second-order valence-electron chi connectivity index (χ2n) is 5.51. The summed E-state index contributed by atoms with van der Waals surface area (Å²) in [5.74, 6) is 0. The van der Waals surface area contributed by atoms with Crippen LogP contribution in [-0.2, 0) is 4.74 Å². The minimum absolute atomic E-state index is 0.468. The lowest BCUT2D eigenvalue weighted by Crippen LogP contribution is -2.51. The highest BCUT2D eigenvalue weighted by Crippen LogP contribution is 2.28. The van der Waals surface area contributed by atoms with Crippen LogP contribution < -0.4 is 5.32 Å². The van der Waals surface area contributed by atoms with Crippen LogP contribution in [0.1, 0.15) is 45.4 Å². The van der Waals surface area contributed by atoms with Gasteiger partial charge < -0.3 is 10.1 Å². The molecular formula is C14H28N2O. The number of methoxy groups -OCH3 is 1. The van der Waals surface area contributed by atoms with Crippen molar-refractivity contribution >= 4 is 0 Å². The zero-order chi connectivity index (χ0) is 12.1. The van der Waals surface area contributed by atoms with E-state index >= 15 is 0 Å². The van der Waals surface area contributed by atoms with E-state index < -0.39 is 0 Å². The third-order valence-electron chi connectivity index (χ3n) is 4.38. The molecule has 0 bridgehead atoms. The van der Waals surface area contributed by atoms with Crippen LogP contribution in [-0.4, -0.2) is 49.8 Å². The summed E-state index contributed by atoms with van der Waals surface area (Å²) < 4.78 is 5.73. The van der Waals surface area contributed by atoms with Crippen molar-refractivity contribution in [1.29, 1.82) is 0 Å². The van der Waals surface area contributed by atoms with Crippen LogP contribution >= 0.6 is 0 Å². The molecule has 2 rings (SSSR count). The molecule has 1 saturated heterocycles. The van der Waals surface area contributed by atoms with E-state index in [4.69, 9.17) is 4.74 Å². The van der Waals surface area contributed by atoms with Gasteiger partial charge in [-0.25, -0.2) is 0 Å². The number of rotatable bonds is 5. The van der Waals surface area contributed by atoms with Crippen LogP contribution in [0.15, 0.2) is 0 Å². The van der Waals surface area contributed by atoms with Crippen LogP contribution in [0.25, 0.3) is 0 Å². The number of nitrogens with zero attached hydrogens (tertiary/aromatic N) is 1. The van der Waals surface area contributed by atoms with Crippen molar-refractivity contribution in [3.63, 3.8) is 0 Å². The average molecular weight is 240 g/mol. The SMILES string of the molecule is CCCN(C1CCNC1)C1CCCCC1OC. The Morgan fingerprint density at radius 3 is 2.71 bits per heavy atom. The Kier molecular flexibility index (Phi) is 5.26. The van der Waals surface area contributed by atoms with Crippen molar-refractivity contribution in [2.75, 3.05) is 26.7 Å². The first-order chi connectivity index (χ1) is 8.36. The Bertz CT molecular complexity index is 216. The van der Waals surface area contributed by atoms with Gasteiger partial charge in [-0.2, -0.15) is 0 Å². The van der Waals surface area contributed by atoms with Crippen LogP contribution in [0.4, 0.5) is 0 Å². The summed E-state index contributed by atoms with van der Waals surface area (Å²) in [6.45, 7) is 5.89. The first kappa shape index (κ1) is 13.3. The molecule has 2 aliphatic rings. The predicted molar refractivity (Wildman–Crippen MR) is 71.3 cm³/mol. The minimum Gasteiger partial charge on any atom is -0.380 e. The third kappa shape index (κ3) is 3.21. The molecule has 0 aromatic rings. The van der Waals surface area contributed by atoms with E-state index in [9.17, 15) is 0 Å². The van der Waals surface area contributed by atoms with Gasteiger partial charge in [0.05, 0.1) is 6.10 Å². The zero-order valence-corrected chi connectivity index (χ0v) is 11.5. The van der Waals surface area contributed by atoms with E-state index in [1.54, 1.807) is 0 Å². The van der Waals surface area contributed by atoms with E-state index in [-0.39, 0.29) is 0 Å². The molecule has 3 unspecified atom stereocenters. The number of ether oxygens (including phenoxy) is 1. The van der Waals surface area contributed by atoms with Gasteiger partial charge in [0.25, 0.3) is 0 Å². The van der Waals surface area contributed by atoms with Crippen molar-refractivity contribution in [3.8, 4) is 0 Å². The summed E-state index contributed by atoms with van der Waals surface area (Å²) in [5.41, 5.74) is 0. The molecule has 0 aromatic heterocycles. The van der Waals surface area contributed by atoms with E-state index in [1.807, 2.05) is 7.11 Å². The zero-order valence-electron chi connectivity index (χ0n) is 11.5. The van der Waals surface area contributed by atoms with Gasteiger partial charge in [0.1, 0.15) is 0 Å². The van der Waals surface area contributed by atoms with Crippen LogP contribution in [0.3, 0.4) is 0 Å². The highest BCUT2D eigenvalue weighted by Gasteiger charge is 2.34. The highest BCUT2D eigenvalue weighted by molar-refractivity contribution is 4.90. The van der Waals surface area contributed by atoms with E-state index in [2.05, 4.69) is 17.1 Å². The smallest absolute Gasteiger partial charge is 0.0726 e. The Hall–Kier alpha value is -0.120. The molecule has 3 heteroatoms. The standard InChI is InChI=1S/C14H28N2O/c1-3-10-16(12-8-9-15-11-12)13-6-4-5-7-14(13)17-2/h12-15H,3-11H2,1-2H3. The van der Waals surface area contributed by atoms with Crippen LogP contribution in [0.5, 0.6) is 0 Å². The Morgan fingerprint density at radius 2 is 2.06 bits per heavy atom. The van der Waals surface area contributed by atoms with Gasteiger partial charge in [-0.1, -0.05) is 19.8 Å². The molecular weight excluding hydrogens is 212 g/mol. The molecule has 0 aromatic carbocycles. The second kappa shape index (κ2) is 6.72. The van der Waals surface area contributed by atoms with E-state index in [0.29, 0.717) is 12.1 Å². The molecule has 0 amide bonds. The minimum atomic E-state index is 0.468. The van der Waals surface area contributed by atoms with Crippen molar-refractivity contribution in [2.24, 2.45) is 0 Å². The molecule has 0 spiro atoms. The summed E-state index contributed by atoms with van der Waals surface area (Å²) in [5, 5.41) is 3.50. The van der Waals surface area contributed by atoms with Gasteiger partial charge >= 0.3 is 0 Å². The molecule has 1 saturated carbocycles. The van der Waals surface area contributed by atoms with Gasteiger partial charge in [0, 0.05) is 25.7 Å². The summed E-state index contributed by atoms with van der Waals surface area (Å²) in [4.78, 5) is 2.74. The summed E-state index contributed by atoms with van der Waals surface area (Å²) in [6.07, 6.45) is 8.34. The fourth-order valence-electron chi connectivity index (χ4n) is 3.53. The Morgan fingerprint density at radius 1 is 1.24 bits per heavy atom. The van der Waals surface area contributed by atoms with E-state index in [1.165, 1.54) is 58.2 Å². The predicted octanol–water partition coefficient (Wildman–Crippen LogP) is 2.02. The normalized spacial score (nSPS) is 34.4. The second-order valence-corrected chi connectivity index (χ2v) is 5.51. The Labute approximate surface area is 106 Å².